The molecule has 0 aliphatic carbocycles. The van der Waals surface area contributed by atoms with Gasteiger partial charge in [-0.3, -0.25) is 0 Å². The van der Waals surface area contributed by atoms with Crippen molar-refractivity contribution in [3.63, 3.8) is 0 Å². The Kier molecular flexibility index (Phi) is 4.29. The van der Waals surface area contributed by atoms with E-state index in [1.165, 1.54) is 0 Å². The van der Waals surface area contributed by atoms with Gasteiger partial charge in [0.1, 0.15) is 6.10 Å². The normalized spacial score (nSPS) is 23.0. The molecule has 1 aromatic heterocycles. The zero-order valence-corrected chi connectivity index (χ0v) is 12.0. The minimum atomic E-state index is -0.0351. The van der Waals surface area contributed by atoms with Crippen LogP contribution in [0.25, 0.3) is 0 Å². The highest BCUT2D eigenvalue weighted by molar-refractivity contribution is 7.99. The number of hydrogen-bond donors (Lipinski definition) is 1. The third-order valence-corrected chi connectivity index (χ3v) is 4.09. The van der Waals surface area contributed by atoms with E-state index in [1.54, 1.807) is 0 Å². The maximum atomic E-state index is 6.11. The van der Waals surface area contributed by atoms with E-state index < -0.39 is 0 Å². The number of rotatable bonds is 3. The Morgan fingerprint density at radius 3 is 2.89 bits per heavy atom. The quantitative estimate of drug-likeness (QED) is 0.903. The van der Waals surface area contributed by atoms with Gasteiger partial charge in [-0.05, 0) is 5.41 Å². The molecular weight excluding hydrogens is 250 g/mol. The summed E-state index contributed by atoms with van der Waals surface area (Å²) in [5.41, 5.74) is 6.14. The summed E-state index contributed by atoms with van der Waals surface area (Å²) in [6, 6.07) is 0.00690. The van der Waals surface area contributed by atoms with E-state index in [1.807, 2.05) is 11.8 Å². The third kappa shape index (κ3) is 3.46. The van der Waals surface area contributed by atoms with Crippen molar-refractivity contribution in [3.05, 3.63) is 11.7 Å². The molecule has 1 fully saturated rings. The highest BCUT2D eigenvalue weighted by Gasteiger charge is 2.26. The first-order chi connectivity index (χ1) is 8.47. The van der Waals surface area contributed by atoms with Crippen LogP contribution in [-0.4, -0.2) is 34.3 Å². The van der Waals surface area contributed by atoms with E-state index in [9.17, 15) is 0 Å². The Balaban J connectivity index is 1.97. The summed E-state index contributed by atoms with van der Waals surface area (Å²) in [5.74, 6) is 3.19. The predicted octanol–water partition coefficient (Wildman–Crippen LogP) is 1.79. The van der Waals surface area contributed by atoms with Gasteiger partial charge in [0.05, 0.1) is 6.61 Å². The fourth-order valence-electron chi connectivity index (χ4n) is 1.61. The number of ether oxygens (including phenoxy) is 1. The van der Waals surface area contributed by atoms with Gasteiger partial charge in [-0.25, -0.2) is 0 Å². The van der Waals surface area contributed by atoms with Gasteiger partial charge >= 0.3 is 0 Å². The fraction of sp³-hybridized carbons (Fsp3) is 0.833. The van der Waals surface area contributed by atoms with Crippen LogP contribution in [0.1, 0.15) is 38.6 Å². The van der Waals surface area contributed by atoms with Crippen LogP contribution in [0.3, 0.4) is 0 Å². The van der Waals surface area contributed by atoms with Crippen LogP contribution in [0.4, 0.5) is 0 Å². The van der Waals surface area contributed by atoms with Gasteiger partial charge in [0.15, 0.2) is 0 Å². The highest BCUT2D eigenvalue weighted by Crippen LogP contribution is 2.25. The molecule has 18 heavy (non-hydrogen) atoms. The molecule has 102 valence electrons. The molecule has 0 spiro atoms. The van der Waals surface area contributed by atoms with Gasteiger partial charge in [-0.2, -0.15) is 16.7 Å². The first-order valence-electron chi connectivity index (χ1n) is 6.24. The number of thioether (sulfide) groups is 1. The lowest BCUT2D eigenvalue weighted by atomic mass is 9.85. The molecule has 1 aromatic rings. The molecule has 0 radical (unpaired) electrons. The van der Waals surface area contributed by atoms with Crippen LogP contribution in [0.5, 0.6) is 0 Å². The maximum Gasteiger partial charge on any atom is 0.228 e. The van der Waals surface area contributed by atoms with E-state index in [-0.39, 0.29) is 17.6 Å². The summed E-state index contributed by atoms with van der Waals surface area (Å²) in [6.45, 7) is 7.07. The lowest BCUT2D eigenvalue weighted by Crippen LogP contribution is -2.37. The zero-order valence-electron chi connectivity index (χ0n) is 11.2. The molecule has 2 N–H and O–H groups in total. The van der Waals surface area contributed by atoms with E-state index in [0.29, 0.717) is 18.1 Å². The molecular formula is C12H21N3O2S. The van der Waals surface area contributed by atoms with Crippen LogP contribution in [0, 0.1) is 5.41 Å². The van der Waals surface area contributed by atoms with Crippen molar-refractivity contribution in [3.8, 4) is 0 Å². The lowest BCUT2D eigenvalue weighted by Gasteiger charge is -2.25. The molecule has 0 saturated carbocycles. The largest absolute Gasteiger partial charge is 0.368 e. The smallest absolute Gasteiger partial charge is 0.228 e. The van der Waals surface area contributed by atoms with Crippen LogP contribution >= 0.6 is 11.8 Å². The van der Waals surface area contributed by atoms with Crippen LogP contribution in [0.15, 0.2) is 4.52 Å². The second kappa shape index (κ2) is 5.59. The van der Waals surface area contributed by atoms with E-state index in [0.717, 1.165) is 18.1 Å². The monoisotopic (exact) mass is 271 g/mol. The molecule has 1 aliphatic heterocycles. The molecule has 2 unspecified atom stereocenters. The molecule has 2 rings (SSSR count). The first kappa shape index (κ1) is 13.8. The standard InChI is InChI=1S/C12H21N3O2S/c1-12(2,3)9(13)6-10-14-11(15-17-10)8-7-18-5-4-16-8/h8-9H,4-7,13H2,1-3H3. The van der Waals surface area contributed by atoms with Crippen LogP contribution < -0.4 is 5.73 Å². The number of aromatic nitrogens is 2. The number of nitrogens with two attached hydrogens (primary N) is 1. The van der Waals surface area contributed by atoms with Gasteiger partial charge in [0, 0.05) is 24.0 Å². The van der Waals surface area contributed by atoms with Crippen molar-refractivity contribution in [2.45, 2.75) is 39.3 Å². The molecule has 6 heteroatoms. The minimum Gasteiger partial charge on any atom is -0.368 e. The van der Waals surface area contributed by atoms with E-state index in [2.05, 4.69) is 30.9 Å². The molecule has 0 amide bonds. The van der Waals surface area contributed by atoms with Gasteiger partial charge in [0.25, 0.3) is 0 Å². The maximum absolute atomic E-state index is 6.11. The summed E-state index contributed by atoms with van der Waals surface area (Å²) >= 11 is 1.85. The van der Waals surface area contributed by atoms with Crippen molar-refractivity contribution < 1.29 is 9.26 Å². The third-order valence-electron chi connectivity index (χ3n) is 3.09. The molecule has 0 bridgehead atoms. The average Bonchev–Trinajstić information content (AvgIpc) is 2.77. The van der Waals surface area contributed by atoms with Crippen molar-refractivity contribution in [1.82, 2.24) is 10.1 Å². The topological polar surface area (TPSA) is 74.2 Å². The molecule has 2 atom stereocenters. The highest BCUT2D eigenvalue weighted by atomic mass is 32.2. The van der Waals surface area contributed by atoms with Crippen LogP contribution in [0.2, 0.25) is 0 Å². The summed E-state index contributed by atoms with van der Waals surface area (Å²) in [5, 5.41) is 3.99. The molecule has 1 saturated heterocycles. The van der Waals surface area contributed by atoms with Gasteiger partial charge in [-0.1, -0.05) is 25.9 Å². The lowest BCUT2D eigenvalue weighted by molar-refractivity contribution is 0.0677. The van der Waals surface area contributed by atoms with Gasteiger partial charge in [-0.15, -0.1) is 0 Å². The molecule has 2 heterocycles. The Bertz CT molecular complexity index is 383. The minimum absolute atomic E-state index is 0.00690. The fourth-order valence-corrected chi connectivity index (χ4v) is 2.45. The second-order valence-corrected chi connectivity index (χ2v) is 6.81. The molecule has 1 aliphatic rings. The second-order valence-electron chi connectivity index (χ2n) is 5.66. The predicted molar refractivity (Wildman–Crippen MR) is 71.5 cm³/mol. The summed E-state index contributed by atoms with van der Waals surface area (Å²) in [4.78, 5) is 4.39. The average molecular weight is 271 g/mol. The Morgan fingerprint density at radius 2 is 2.28 bits per heavy atom. The van der Waals surface area contributed by atoms with E-state index in [4.69, 9.17) is 15.0 Å². The summed E-state index contributed by atoms with van der Waals surface area (Å²) < 4.78 is 10.9. The van der Waals surface area contributed by atoms with Crippen molar-refractivity contribution in [2.24, 2.45) is 11.1 Å². The van der Waals surface area contributed by atoms with Crippen LogP contribution in [-0.2, 0) is 11.2 Å². The molecule has 0 aromatic carbocycles. The zero-order chi connectivity index (χ0) is 13.2. The Morgan fingerprint density at radius 1 is 1.50 bits per heavy atom. The van der Waals surface area contributed by atoms with Gasteiger partial charge < -0.3 is 15.0 Å². The van der Waals surface area contributed by atoms with E-state index >= 15 is 0 Å². The summed E-state index contributed by atoms with van der Waals surface area (Å²) in [6.07, 6.45) is 0.572. The number of nitrogens with zero attached hydrogens (tertiary/aromatic N) is 2. The van der Waals surface area contributed by atoms with Crippen molar-refractivity contribution in [1.29, 1.82) is 0 Å². The van der Waals surface area contributed by atoms with Crippen molar-refractivity contribution >= 4 is 11.8 Å². The Labute approximate surface area is 112 Å². The van der Waals surface area contributed by atoms with Gasteiger partial charge in [0.2, 0.25) is 11.7 Å². The summed E-state index contributed by atoms with van der Waals surface area (Å²) in [7, 11) is 0. The Hall–Kier alpha value is -0.590. The SMILES string of the molecule is CC(C)(C)C(N)Cc1nc(C2CSCCO2)no1. The van der Waals surface area contributed by atoms with Crippen molar-refractivity contribution in [2.75, 3.05) is 18.1 Å². The number of hydrogen-bond acceptors (Lipinski definition) is 6. The molecule has 5 nitrogen and oxygen atoms in total. The first-order valence-corrected chi connectivity index (χ1v) is 7.39.